The number of aliphatic hydroxyl groups excluding tert-OH is 1. The van der Waals surface area contributed by atoms with Crippen LogP contribution in [0.3, 0.4) is 0 Å². The van der Waals surface area contributed by atoms with Gasteiger partial charge in [-0.15, -0.1) is 10.2 Å². The van der Waals surface area contributed by atoms with Gasteiger partial charge in [0.15, 0.2) is 3.92 Å². The van der Waals surface area contributed by atoms with Crippen molar-refractivity contribution < 1.29 is 5.11 Å². The summed E-state index contributed by atoms with van der Waals surface area (Å²) in [6, 6.07) is 0. The van der Waals surface area contributed by atoms with Gasteiger partial charge in [-0.1, -0.05) is 18.3 Å². The number of nitrogens with zero attached hydrogens (tertiary/aromatic N) is 2. The highest BCUT2D eigenvalue weighted by Gasteiger charge is 2.21. The summed E-state index contributed by atoms with van der Waals surface area (Å²) in [7, 11) is 0. The van der Waals surface area contributed by atoms with Gasteiger partial charge in [-0.3, -0.25) is 0 Å². The van der Waals surface area contributed by atoms with E-state index in [9.17, 15) is 0 Å². The zero-order valence-corrected chi connectivity index (χ0v) is 9.94. The molecule has 1 heterocycles. The van der Waals surface area contributed by atoms with Gasteiger partial charge < -0.3 is 10.4 Å². The summed E-state index contributed by atoms with van der Waals surface area (Å²) >= 11 is 4.64. The molecule has 6 heteroatoms. The first kappa shape index (κ1) is 10.9. The van der Waals surface area contributed by atoms with Crippen molar-refractivity contribution in [3.63, 3.8) is 0 Å². The third-order valence-corrected chi connectivity index (χ3v) is 3.21. The van der Waals surface area contributed by atoms with Crippen molar-refractivity contribution >= 4 is 32.4 Å². The Morgan fingerprint density at radius 3 is 2.69 bits per heavy atom. The SMILES string of the molecule is CCC(C)(CO)Nc1nnc(Br)s1. The van der Waals surface area contributed by atoms with Crippen LogP contribution in [-0.2, 0) is 0 Å². The lowest BCUT2D eigenvalue weighted by Crippen LogP contribution is -2.37. The van der Waals surface area contributed by atoms with Crippen molar-refractivity contribution in [2.24, 2.45) is 0 Å². The third-order valence-electron chi connectivity index (χ3n) is 1.94. The monoisotopic (exact) mass is 265 g/mol. The minimum absolute atomic E-state index is 0.0840. The molecule has 1 unspecified atom stereocenters. The van der Waals surface area contributed by atoms with E-state index < -0.39 is 0 Å². The van der Waals surface area contributed by atoms with Gasteiger partial charge in [0.25, 0.3) is 0 Å². The Bertz CT molecular complexity index is 274. The van der Waals surface area contributed by atoms with Gasteiger partial charge in [0.05, 0.1) is 12.1 Å². The second-order valence-electron chi connectivity index (χ2n) is 3.06. The topological polar surface area (TPSA) is 58.0 Å². The van der Waals surface area contributed by atoms with Gasteiger partial charge in [-0.2, -0.15) is 0 Å². The normalized spacial score (nSPS) is 15.4. The van der Waals surface area contributed by atoms with Crippen molar-refractivity contribution in [2.75, 3.05) is 11.9 Å². The van der Waals surface area contributed by atoms with E-state index in [1.807, 2.05) is 13.8 Å². The fourth-order valence-corrected chi connectivity index (χ4v) is 1.91. The Kier molecular flexibility index (Phi) is 3.63. The molecule has 0 bridgehead atoms. The van der Waals surface area contributed by atoms with E-state index in [2.05, 4.69) is 31.4 Å². The second kappa shape index (κ2) is 4.34. The fraction of sp³-hybridized carbons (Fsp3) is 0.714. The molecule has 1 aromatic heterocycles. The van der Waals surface area contributed by atoms with E-state index in [1.165, 1.54) is 11.3 Å². The minimum atomic E-state index is -0.307. The first-order valence-electron chi connectivity index (χ1n) is 3.97. The summed E-state index contributed by atoms with van der Waals surface area (Å²) in [5.41, 5.74) is -0.307. The number of nitrogens with one attached hydrogen (secondary N) is 1. The van der Waals surface area contributed by atoms with E-state index in [1.54, 1.807) is 0 Å². The van der Waals surface area contributed by atoms with Crippen LogP contribution in [0.15, 0.2) is 3.92 Å². The summed E-state index contributed by atoms with van der Waals surface area (Å²) in [5, 5.41) is 20.7. The maximum absolute atomic E-state index is 9.14. The molecule has 2 N–H and O–H groups in total. The minimum Gasteiger partial charge on any atom is -0.394 e. The van der Waals surface area contributed by atoms with Crippen LogP contribution in [0.1, 0.15) is 20.3 Å². The maximum Gasteiger partial charge on any atom is 0.206 e. The molecule has 1 atom stereocenters. The lowest BCUT2D eigenvalue weighted by atomic mass is 10.0. The van der Waals surface area contributed by atoms with Crippen molar-refractivity contribution in [1.29, 1.82) is 0 Å². The Morgan fingerprint density at radius 2 is 2.31 bits per heavy atom. The summed E-state index contributed by atoms with van der Waals surface area (Å²) in [6.07, 6.45) is 0.834. The lowest BCUT2D eigenvalue weighted by molar-refractivity contribution is 0.219. The van der Waals surface area contributed by atoms with Gasteiger partial charge in [-0.05, 0) is 29.3 Å². The molecule has 0 saturated carbocycles. The molecule has 4 nitrogen and oxygen atoms in total. The second-order valence-corrected chi connectivity index (χ2v) is 5.31. The third kappa shape index (κ3) is 2.89. The number of rotatable bonds is 4. The van der Waals surface area contributed by atoms with Gasteiger partial charge in [0, 0.05) is 0 Å². The average molecular weight is 266 g/mol. The van der Waals surface area contributed by atoms with Gasteiger partial charge in [0.2, 0.25) is 5.13 Å². The molecule has 1 rings (SSSR count). The number of hydrogen-bond acceptors (Lipinski definition) is 5. The lowest BCUT2D eigenvalue weighted by Gasteiger charge is -2.26. The molecule has 0 spiro atoms. The van der Waals surface area contributed by atoms with E-state index in [0.717, 1.165) is 15.5 Å². The van der Waals surface area contributed by atoms with E-state index in [4.69, 9.17) is 5.11 Å². The predicted molar refractivity (Wildman–Crippen MR) is 57.0 cm³/mol. The van der Waals surface area contributed by atoms with Crippen molar-refractivity contribution in [3.8, 4) is 0 Å². The Hall–Kier alpha value is -0.200. The number of anilines is 1. The zero-order chi connectivity index (χ0) is 9.90. The average Bonchev–Trinajstić information content (AvgIpc) is 2.51. The molecule has 0 fully saturated rings. The Morgan fingerprint density at radius 1 is 1.62 bits per heavy atom. The van der Waals surface area contributed by atoms with Crippen LogP contribution < -0.4 is 5.32 Å². The molecule has 13 heavy (non-hydrogen) atoms. The largest absolute Gasteiger partial charge is 0.394 e. The summed E-state index contributed by atoms with van der Waals surface area (Å²) in [5.74, 6) is 0. The molecule has 0 aliphatic carbocycles. The van der Waals surface area contributed by atoms with Gasteiger partial charge in [0.1, 0.15) is 0 Å². The van der Waals surface area contributed by atoms with Gasteiger partial charge >= 0.3 is 0 Å². The molecule has 74 valence electrons. The molecular formula is C7H12BrN3OS. The van der Waals surface area contributed by atoms with Crippen LogP contribution in [0, 0.1) is 0 Å². The van der Waals surface area contributed by atoms with Crippen LogP contribution in [-0.4, -0.2) is 27.4 Å². The number of hydrogen-bond donors (Lipinski definition) is 2. The molecule has 0 aliphatic rings. The fourth-order valence-electron chi connectivity index (χ4n) is 0.754. The van der Waals surface area contributed by atoms with Gasteiger partial charge in [-0.25, -0.2) is 0 Å². The number of aromatic nitrogens is 2. The molecule has 0 amide bonds. The molecule has 0 aromatic carbocycles. The highest BCUT2D eigenvalue weighted by Crippen LogP contribution is 2.24. The molecule has 0 aliphatic heterocycles. The highest BCUT2D eigenvalue weighted by atomic mass is 79.9. The van der Waals surface area contributed by atoms with Crippen LogP contribution in [0.2, 0.25) is 0 Å². The van der Waals surface area contributed by atoms with Crippen LogP contribution in [0.4, 0.5) is 5.13 Å². The van der Waals surface area contributed by atoms with E-state index in [-0.39, 0.29) is 12.1 Å². The summed E-state index contributed by atoms with van der Waals surface area (Å²) in [6.45, 7) is 4.04. The predicted octanol–water partition coefficient (Wildman–Crippen LogP) is 1.87. The molecule has 0 radical (unpaired) electrons. The van der Waals surface area contributed by atoms with Crippen LogP contribution in [0.5, 0.6) is 0 Å². The zero-order valence-electron chi connectivity index (χ0n) is 7.54. The quantitative estimate of drug-likeness (QED) is 0.873. The van der Waals surface area contributed by atoms with Crippen LogP contribution in [0.25, 0.3) is 0 Å². The molecular weight excluding hydrogens is 254 g/mol. The van der Waals surface area contributed by atoms with Crippen molar-refractivity contribution in [1.82, 2.24) is 10.2 Å². The highest BCUT2D eigenvalue weighted by molar-refractivity contribution is 9.11. The smallest absolute Gasteiger partial charge is 0.206 e. The maximum atomic E-state index is 9.14. The van der Waals surface area contributed by atoms with E-state index >= 15 is 0 Å². The number of aliphatic hydroxyl groups is 1. The molecule has 0 saturated heterocycles. The summed E-state index contributed by atoms with van der Waals surface area (Å²) in [4.78, 5) is 0. The van der Waals surface area contributed by atoms with Crippen molar-refractivity contribution in [3.05, 3.63) is 3.92 Å². The van der Waals surface area contributed by atoms with Crippen LogP contribution >= 0.6 is 27.3 Å². The Balaban J connectivity index is 2.67. The van der Waals surface area contributed by atoms with Crippen molar-refractivity contribution in [2.45, 2.75) is 25.8 Å². The number of halogens is 1. The van der Waals surface area contributed by atoms with E-state index in [0.29, 0.717) is 0 Å². The first-order valence-corrected chi connectivity index (χ1v) is 5.58. The molecule has 1 aromatic rings. The summed E-state index contributed by atoms with van der Waals surface area (Å²) < 4.78 is 0.742. The standard InChI is InChI=1S/C7H12BrN3OS/c1-3-7(2,4-12)9-6-11-10-5(8)13-6/h12H,3-4H2,1-2H3,(H,9,11). The Labute approximate surface area is 89.5 Å². The first-order chi connectivity index (χ1) is 6.09.